The Labute approximate surface area is 84.5 Å². The van der Waals surface area contributed by atoms with Crippen molar-refractivity contribution >= 4 is 5.78 Å². The highest BCUT2D eigenvalue weighted by molar-refractivity contribution is 5.95. The number of nitrogens with zero attached hydrogens (tertiary/aromatic N) is 2. The number of rotatable bonds is 5. The zero-order valence-corrected chi connectivity index (χ0v) is 8.79. The molecule has 0 amide bonds. The van der Waals surface area contributed by atoms with Crippen molar-refractivity contribution in [3.05, 3.63) is 30.4 Å². The number of aromatic nitrogens is 2. The van der Waals surface area contributed by atoms with Gasteiger partial charge in [-0.25, -0.2) is 4.98 Å². The van der Waals surface area contributed by atoms with Crippen LogP contribution < -0.4 is 0 Å². The van der Waals surface area contributed by atoms with Gasteiger partial charge in [0.15, 0.2) is 5.78 Å². The van der Waals surface area contributed by atoms with E-state index in [9.17, 15) is 4.79 Å². The van der Waals surface area contributed by atoms with E-state index in [1.165, 1.54) is 0 Å². The molecule has 0 aliphatic rings. The monoisotopic (exact) mass is 192 g/mol. The molecule has 0 aliphatic carbocycles. The largest absolute Gasteiger partial charge is 0.335 e. The van der Waals surface area contributed by atoms with Crippen LogP contribution in [0.15, 0.2) is 24.5 Å². The standard InChI is InChI=1S/C11H16N2O/c1-4-6-13-7-5-12-11(13)8-10(14)9(2)3/h5,7H,2,4,6,8H2,1,3H3. The number of hydrogen-bond donors (Lipinski definition) is 0. The summed E-state index contributed by atoms with van der Waals surface area (Å²) in [5.74, 6) is 0.897. The fraction of sp³-hybridized carbons (Fsp3) is 0.455. The van der Waals surface area contributed by atoms with Crippen LogP contribution >= 0.6 is 0 Å². The van der Waals surface area contributed by atoms with Gasteiger partial charge in [0.25, 0.3) is 0 Å². The second-order valence-electron chi connectivity index (χ2n) is 3.42. The molecule has 1 aromatic rings. The van der Waals surface area contributed by atoms with Gasteiger partial charge in [-0.15, -0.1) is 0 Å². The molecule has 0 aromatic carbocycles. The van der Waals surface area contributed by atoms with Gasteiger partial charge in [0.2, 0.25) is 0 Å². The highest BCUT2D eigenvalue weighted by Crippen LogP contribution is 2.03. The maximum Gasteiger partial charge on any atom is 0.165 e. The molecule has 0 N–H and O–H groups in total. The molecule has 0 aliphatic heterocycles. The third-order valence-corrected chi connectivity index (χ3v) is 2.06. The average molecular weight is 192 g/mol. The van der Waals surface area contributed by atoms with E-state index in [0.717, 1.165) is 18.8 Å². The normalized spacial score (nSPS) is 10.1. The molecule has 0 fully saturated rings. The molecule has 76 valence electrons. The summed E-state index contributed by atoms with van der Waals surface area (Å²) in [5, 5.41) is 0. The van der Waals surface area contributed by atoms with E-state index < -0.39 is 0 Å². The second kappa shape index (κ2) is 4.74. The van der Waals surface area contributed by atoms with E-state index in [1.807, 2.05) is 10.8 Å². The van der Waals surface area contributed by atoms with Gasteiger partial charge in [0.1, 0.15) is 5.82 Å². The minimum atomic E-state index is 0.0635. The highest BCUT2D eigenvalue weighted by Gasteiger charge is 2.08. The Hall–Kier alpha value is -1.38. The van der Waals surface area contributed by atoms with Crippen LogP contribution in [0.4, 0.5) is 0 Å². The molecule has 0 atom stereocenters. The number of aryl methyl sites for hydroxylation is 1. The van der Waals surface area contributed by atoms with Gasteiger partial charge in [-0.3, -0.25) is 4.79 Å². The smallest absolute Gasteiger partial charge is 0.165 e. The first-order chi connectivity index (χ1) is 6.65. The Kier molecular flexibility index (Phi) is 3.63. The van der Waals surface area contributed by atoms with Gasteiger partial charge in [0.05, 0.1) is 6.42 Å². The molecule has 0 saturated heterocycles. The van der Waals surface area contributed by atoms with E-state index in [4.69, 9.17) is 0 Å². The second-order valence-corrected chi connectivity index (χ2v) is 3.42. The Bertz CT molecular complexity index is 339. The van der Waals surface area contributed by atoms with E-state index in [2.05, 4.69) is 18.5 Å². The summed E-state index contributed by atoms with van der Waals surface area (Å²) in [6.07, 6.45) is 5.05. The molecule has 0 bridgehead atoms. The van der Waals surface area contributed by atoms with Crippen LogP contribution in [0.1, 0.15) is 26.1 Å². The van der Waals surface area contributed by atoms with Gasteiger partial charge in [-0.2, -0.15) is 0 Å². The fourth-order valence-corrected chi connectivity index (χ4v) is 1.25. The number of allylic oxidation sites excluding steroid dienone is 1. The Morgan fingerprint density at radius 2 is 2.36 bits per heavy atom. The summed E-state index contributed by atoms with van der Waals surface area (Å²) in [6.45, 7) is 8.37. The maximum atomic E-state index is 11.4. The molecule has 3 heteroatoms. The van der Waals surface area contributed by atoms with E-state index in [0.29, 0.717) is 12.0 Å². The average Bonchev–Trinajstić information content (AvgIpc) is 2.53. The number of carbonyl (C=O) groups is 1. The van der Waals surface area contributed by atoms with Crippen molar-refractivity contribution in [2.24, 2.45) is 0 Å². The summed E-state index contributed by atoms with van der Waals surface area (Å²) >= 11 is 0. The number of carbonyl (C=O) groups excluding carboxylic acids is 1. The maximum absolute atomic E-state index is 11.4. The van der Waals surface area contributed by atoms with Gasteiger partial charge in [-0.05, 0) is 18.9 Å². The molecule has 0 unspecified atom stereocenters. The third kappa shape index (κ3) is 2.55. The Morgan fingerprint density at radius 1 is 1.64 bits per heavy atom. The van der Waals surface area contributed by atoms with E-state index >= 15 is 0 Å². The third-order valence-electron chi connectivity index (χ3n) is 2.06. The van der Waals surface area contributed by atoms with Crippen LogP contribution in [-0.4, -0.2) is 15.3 Å². The van der Waals surface area contributed by atoms with Crippen LogP contribution in [-0.2, 0) is 17.8 Å². The lowest BCUT2D eigenvalue weighted by Gasteiger charge is -2.04. The van der Waals surface area contributed by atoms with Crippen molar-refractivity contribution in [2.75, 3.05) is 0 Å². The quantitative estimate of drug-likeness (QED) is 0.669. The van der Waals surface area contributed by atoms with Crippen molar-refractivity contribution in [3.8, 4) is 0 Å². The SMILES string of the molecule is C=C(C)C(=O)Cc1nccn1CCC. The molecule has 0 spiro atoms. The summed E-state index contributed by atoms with van der Waals surface area (Å²) in [6, 6.07) is 0. The number of ketones is 1. The van der Waals surface area contributed by atoms with Crippen LogP contribution in [0, 0.1) is 0 Å². The summed E-state index contributed by atoms with van der Waals surface area (Å²) in [7, 11) is 0. The first-order valence-electron chi connectivity index (χ1n) is 4.84. The lowest BCUT2D eigenvalue weighted by molar-refractivity contribution is -0.115. The Balaban J connectivity index is 2.71. The molecular formula is C11H16N2O. The molecule has 14 heavy (non-hydrogen) atoms. The predicted octanol–water partition coefficient (Wildman–Crippen LogP) is 1.98. The highest BCUT2D eigenvalue weighted by atomic mass is 16.1. The fourth-order valence-electron chi connectivity index (χ4n) is 1.25. The van der Waals surface area contributed by atoms with Crippen LogP contribution in [0.25, 0.3) is 0 Å². The molecule has 0 saturated carbocycles. The van der Waals surface area contributed by atoms with Crippen molar-refractivity contribution in [3.63, 3.8) is 0 Å². The van der Waals surface area contributed by atoms with Crippen molar-refractivity contribution < 1.29 is 4.79 Å². The van der Waals surface area contributed by atoms with E-state index in [-0.39, 0.29) is 5.78 Å². The van der Waals surface area contributed by atoms with Gasteiger partial charge in [0, 0.05) is 18.9 Å². The first kappa shape index (κ1) is 10.7. The molecule has 1 aromatic heterocycles. The summed E-state index contributed by atoms with van der Waals surface area (Å²) in [4.78, 5) is 15.6. The lowest BCUT2D eigenvalue weighted by Crippen LogP contribution is -2.10. The number of hydrogen-bond acceptors (Lipinski definition) is 2. The zero-order chi connectivity index (χ0) is 10.6. The molecule has 1 heterocycles. The summed E-state index contributed by atoms with van der Waals surface area (Å²) in [5.41, 5.74) is 0.594. The predicted molar refractivity (Wildman–Crippen MR) is 56.0 cm³/mol. The van der Waals surface area contributed by atoms with Crippen molar-refractivity contribution in [2.45, 2.75) is 33.2 Å². The van der Waals surface area contributed by atoms with Crippen LogP contribution in [0.3, 0.4) is 0 Å². The Morgan fingerprint density at radius 3 is 2.93 bits per heavy atom. The summed E-state index contributed by atoms with van der Waals surface area (Å²) < 4.78 is 2.01. The minimum absolute atomic E-state index is 0.0635. The van der Waals surface area contributed by atoms with Crippen molar-refractivity contribution in [1.29, 1.82) is 0 Å². The number of imidazole rings is 1. The van der Waals surface area contributed by atoms with Crippen LogP contribution in [0.2, 0.25) is 0 Å². The van der Waals surface area contributed by atoms with Crippen molar-refractivity contribution in [1.82, 2.24) is 9.55 Å². The lowest BCUT2D eigenvalue weighted by atomic mass is 10.1. The molecule has 0 radical (unpaired) electrons. The molecule has 3 nitrogen and oxygen atoms in total. The molecular weight excluding hydrogens is 176 g/mol. The molecule has 1 rings (SSSR count). The minimum Gasteiger partial charge on any atom is -0.335 e. The number of Topliss-reactive ketones (excluding diaryl/α,β-unsaturated/α-hetero) is 1. The van der Waals surface area contributed by atoms with Crippen LogP contribution in [0.5, 0.6) is 0 Å². The zero-order valence-electron chi connectivity index (χ0n) is 8.79. The van der Waals surface area contributed by atoms with Gasteiger partial charge >= 0.3 is 0 Å². The van der Waals surface area contributed by atoms with E-state index in [1.54, 1.807) is 13.1 Å². The first-order valence-corrected chi connectivity index (χ1v) is 4.84. The topological polar surface area (TPSA) is 34.9 Å². The van der Waals surface area contributed by atoms with Gasteiger partial charge in [-0.1, -0.05) is 13.5 Å². The van der Waals surface area contributed by atoms with Gasteiger partial charge < -0.3 is 4.57 Å².